The molecule has 0 saturated carbocycles. The first-order valence-electron chi connectivity index (χ1n) is 4.43. The van der Waals surface area contributed by atoms with E-state index in [0.29, 0.717) is 0 Å². The molecule has 0 bridgehead atoms. The predicted octanol–water partition coefficient (Wildman–Crippen LogP) is 0.898. The van der Waals surface area contributed by atoms with Crippen LogP contribution in [0, 0.1) is 0 Å². The summed E-state index contributed by atoms with van der Waals surface area (Å²) in [6.45, 7) is 1.18. The number of hydrogen-bond acceptors (Lipinski definition) is 5. The van der Waals surface area contributed by atoms with Gasteiger partial charge in [0.1, 0.15) is 17.1 Å². The topological polar surface area (TPSA) is 77.5 Å². The molecule has 0 aromatic heterocycles. The molecule has 0 amide bonds. The number of carbonyl (C=O) groups excluding carboxylic acids is 2. The molecule has 1 aromatic rings. The maximum absolute atomic E-state index is 11.5. The number of Topliss-reactive ketones (excluding diaryl/α,β-unsaturated/α-hetero) is 1. The van der Waals surface area contributed by atoms with Gasteiger partial charge in [-0.25, -0.2) is 0 Å². The molecule has 1 aromatic carbocycles. The van der Waals surface area contributed by atoms with E-state index >= 15 is 0 Å². The van der Waals surface area contributed by atoms with Crippen LogP contribution in [-0.2, 0) is 23.9 Å². The fourth-order valence-electron chi connectivity index (χ4n) is 0.990. The van der Waals surface area contributed by atoms with E-state index in [9.17, 15) is 18.0 Å². The minimum Gasteiger partial charge on any atom is -0.342 e. The normalized spacial score (nSPS) is 10.8. The third-order valence-electron chi connectivity index (χ3n) is 1.63. The van der Waals surface area contributed by atoms with Gasteiger partial charge in [0.05, 0.1) is 0 Å². The molecule has 0 heterocycles. The Morgan fingerprint density at radius 1 is 1.19 bits per heavy atom. The van der Waals surface area contributed by atoms with Crippen LogP contribution in [0.5, 0.6) is 0 Å². The van der Waals surface area contributed by atoms with Crippen molar-refractivity contribution in [3.05, 3.63) is 30.3 Å². The molecule has 0 N–H and O–H groups in total. The van der Waals surface area contributed by atoms with Gasteiger partial charge in [-0.3, -0.25) is 9.59 Å². The van der Waals surface area contributed by atoms with Crippen LogP contribution in [0.15, 0.2) is 35.2 Å². The minimum absolute atomic E-state index is 0.119. The van der Waals surface area contributed by atoms with Gasteiger partial charge in [-0.15, -0.1) is 0 Å². The number of carbonyl (C=O) groups is 2. The van der Waals surface area contributed by atoms with Crippen molar-refractivity contribution in [3.8, 4) is 0 Å². The van der Waals surface area contributed by atoms with Gasteiger partial charge in [0, 0.05) is 0 Å². The highest BCUT2D eigenvalue weighted by Gasteiger charge is 2.20. The van der Waals surface area contributed by atoms with Crippen molar-refractivity contribution in [1.29, 1.82) is 0 Å². The third-order valence-corrected chi connectivity index (χ3v) is 2.88. The van der Waals surface area contributed by atoms with Crippen LogP contribution < -0.4 is 0 Å². The molecule has 0 aliphatic rings. The van der Waals surface area contributed by atoms with Crippen molar-refractivity contribution in [1.82, 2.24) is 0 Å². The summed E-state index contributed by atoms with van der Waals surface area (Å²) in [7, 11) is -4.11. The Morgan fingerprint density at radius 3 is 2.25 bits per heavy atom. The number of hydrogen-bond donors (Lipinski definition) is 0. The van der Waals surface area contributed by atoms with E-state index in [1.165, 1.54) is 31.2 Å². The Hall–Kier alpha value is -1.69. The van der Waals surface area contributed by atoms with Crippen LogP contribution in [-0.4, -0.2) is 20.2 Å². The van der Waals surface area contributed by atoms with E-state index in [4.69, 9.17) is 0 Å². The second kappa shape index (κ2) is 4.89. The fraction of sp³-hybridized carbons (Fsp3) is 0.200. The van der Waals surface area contributed by atoms with E-state index < -0.39 is 28.3 Å². The van der Waals surface area contributed by atoms with Crippen LogP contribution in [0.3, 0.4) is 0 Å². The summed E-state index contributed by atoms with van der Waals surface area (Å²) in [6, 6.07) is 7.25. The lowest BCUT2D eigenvalue weighted by Crippen LogP contribution is -2.15. The molecule has 0 spiro atoms. The molecule has 86 valence electrons. The lowest BCUT2D eigenvalue weighted by Gasteiger charge is -2.03. The molecule has 5 nitrogen and oxygen atoms in total. The Balaban J connectivity index is 2.81. The molecule has 1 rings (SSSR count). The molecular weight excluding hydrogens is 232 g/mol. The van der Waals surface area contributed by atoms with Gasteiger partial charge in [0.25, 0.3) is 0 Å². The second-order valence-corrected chi connectivity index (χ2v) is 4.65. The molecule has 0 unspecified atom stereocenters. The molecule has 16 heavy (non-hydrogen) atoms. The van der Waals surface area contributed by atoms with E-state index in [1.807, 2.05) is 0 Å². The summed E-state index contributed by atoms with van der Waals surface area (Å²) in [6.07, 6.45) is -0.550. The van der Waals surface area contributed by atoms with Crippen LogP contribution >= 0.6 is 0 Å². The second-order valence-electron chi connectivity index (χ2n) is 3.10. The van der Waals surface area contributed by atoms with Crippen LogP contribution in [0.4, 0.5) is 0 Å². The number of rotatable bonds is 4. The van der Waals surface area contributed by atoms with Crippen molar-refractivity contribution in [2.45, 2.75) is 18.2 Å². The van der Waals surface area contributed by atoms with E-state index in [2.05, 4.69) is 4.18 Å². The van der Waals surface area contributed by atoms with Crippen molar-refractivity contribution >= 4 is 21.9 Å². The van der Waals surface area contributed by atoms with Crippen LogP contribution in [0.1, 0.15) is 13.3 Å². The van der Waals surface area contributed by atoms with Crippen molar-refractivity contribution in [3.63, 3.8) is 0 Å². The van der Waals surface area contributed by atoms with Gasteiger partial charge < -0.3 is 4.18 Å². The van der Waals surface area contributed by atoms with Gasteiger partial charge in [-0.05, 0) is 19.1 Å². The van der Waals surface area contributed by atoms with E-state index in [-0.39, 0.29) is 4.90 Å². The Bertz CT molecular complexity index is 489. The van der Waals surface area contributed by atoms with E-state index in [0.717, 1.165) is 0 Å². The minimum atomic E-state index is -4.11. The SMILES string of the molecule is CC(=O)CC(=O)OS(=O)(=O)c1ccccc1. The van der Waals surface area contributed by atoms with Crippen LogP contribution in [0.2, 0.25) is 0 Å². The molecular formula is C10H10O5S. The van der Waals surface area contributed by atoms with Gasteiger partial charge in [0.15, 0.2) is 0 Å². The predicted molar refractivity (Wildman–Crippen MR) is 55.0 cm³/mol. The maximum Gasteiger partial charge on any atom is 0.341 e. The first-order chi connectivity index (χ1) is 7.42. The average molecular weight is 242 g/mol. The van der Waals surface area contributed by atoms with E-state index in [1.54, 1.807) is 6.07 Å². The Labute approximate surface area is 93.2 Å². The zero-order valence-electron chi connectivity index (χ0n) is 8.54. The summed E-state index contributed by atoms with van der Waals surface area (Å²) >= 11 is 0. The lowest BCUT2D eigenvalue weighted by atomic mass is 10.3. The quantitative estimate of drug-likeness (QED) is 0.579. The van der Waals surface area contributed by atoms with Gasteiger partial charge in [0.2, 0.25) is 0 Å². The molecule has 0 radical (unpaired) electrons. The summed E-state index contributed by atoms with van der Waals surface area (Å²) in [5.74, 6) is -1.52. The standard InChI is InChI=1S/C10H10O5S/c1-8(11)7-10(12)15-16(13,14)9-5-3-2-4-6-9/h2-6H,7H2,1H3. The molecule has 0 saturated heterocycles. The highest BCUT2D eigenvalue weighted by Crippen LogP contribution is 2.11. The van der Waals surface area contributed by atoms with Crippen molar-refractivity contribution < 1.29 is 22.2 Å². The van der Waals surface area contributed by atoms with Gasteiger partial charge in [-0.1, -0.05) is 18.2 Å². The fourth-order valence-corrected chi connectivity index (χ4v) is 1.88. The average Bonchev–Trinajstić information content (AvgIpc) is 2.16. The van der Waals surface area contributed by atoms with Gasteiger partial charge in [-0.2, -0.15) is 8.42 Å². The molecule has 0 atom stereocenters. The summed E-state index contributed by atoms with van der Waals surface area (Å²) in [4.78, 5) is 21.5. The summed E-state index contributed by atoms with van der Waals surface area (Å²) in [5, 5.41) is 0. The summed E-state index contributed by atoms with van der Waals surface area (Å²) < 4.78 is 27.2. The Morgan fingerprint density at radius 2 is 1.75 bits per heavy atom. The monoisotopic (exact) mass is 242 g/mol. The summed E-state index contributed by atoms with van der Waals surface area (Å²) in [5.41, 5.74) is 0. The largest absolute Gasteiger partial charge is 0.342 e. The Kier molecular flexibility index (Phi) is 3.78. The molecule has 6 heteroatoms. The van der Waals surface area contributed by atoms with Crippen molar-refractivity contribution in [2.75, 3.05) is 0 Å². The zero-order chi connectivity index (χ0) is 12.2. The maximum atomic E-state index is 11.5. The van der Waals surface area contributed by atoms with Crippen LogP contribution in [0.25, 0.3) is 0 Å². The molecule has 0 aliphatic carbocycles. The zero-order valence-corrected chi connectivity index (χ0v) is 9.36. The molecule has 0 fully saturated rings. The first-order valence-corrected chi connectivity index (χ1v) is 5.84. The van der Waals surface area contributed by atoms with Gasteiger partial charge >= 0.3 is 16.1 Å². The highest BCUT2D eigenvalue weighted by atomic mass is 32.2. The number of ketones is 1. The first kappa shape index (κ1) is 12.4. The van der Waals surface area contributed by atoms with Crippen molar-refractivity contribution in [2.24, 2.45) is 0 Å². The lowest BCUT2D eigenvalue weighted by molar-refractivity contribution is -0.136. The number of benzene rings is 1. The third kappa shape index (κ3) is 3.47. The smallest absolute Gasteiger partial charge is 0.341 e. The highest BCUT2D eigenvalue weighted by molar-refractivity contribution is 7.87. The molecule has 0 aliphatic heterocycles.